The van der Waals surface area contributed by atoms with Crippen LogP contribution in [-0.2, 0) is 23.9 Å². The van der Waals surface area contributed by atoms with Crippen molar-refractivity contribution in [3.63, 3.8) is 0 Å². The molecule has 0 aliphatic carbocycles. The third-order valence-electron chi connectivity index (χ3n) is 0.819. The summed E-state index contributed by atoms with van der Waals surface area (Å²) in [6.45, 7) is 0. The first-order chi connectivity index (χ1) is 5.91. The van der Waals surface area contributed by atoms with Crippen molar-refractivity contribution in [3.8, 4) is 0 Å². The number of carboxylic acids is 2. The fourth-order valence-electron chi connectivity index (χ4n) is 0.446. The van der Waals surface area contributed by atoms with Gasteiger partial charge < -0.3 is 14.9 Å². The number of esters is 2. The van der Waals surface area contributed by atoms with Crippen LogP contribution in [0.1, 0.15) is 12.8 Å². The standard InChI is InChI=1S/C6H6O7.Ca.2H/c7-3(8)1-5(11)13-6(12)2-4(9)10;;;/h1-2H2,(H,7,8)(H,9,10);;;. The van der Waals surface area contributed by atoms with Gasteiger partial charge in [0.25, 0.3) is 0 Å². The Labute approximate surface area is 108 Å². The van der Waals surface area contributed by atoms with Crippen LogP contribution in [0.5, 0.6) is 0 Å². The van der Waals surface area contributed by atoms with Crippen LogP contribution in [-0.4, -0.2) is 71.8 Å². The number of carbonyl (C=O) groups is 4. The molecule has 0 fully saturated rings. The Morgan fingerprint density at radius 1 is 0.857 bits per heavy atom. The SMILES string of the molecule is O=C(O)CC(=O)OC(=O)CC(=O)O.[CaH2]. The van der Waals surface area contributed by atoms with Crippen molar-refractivity contribution in [3.05, 3.63) is 0 Å². The Balaban J connectivity index is 0. The van der Waals surface area contributed by atoms with Crippen LogP contribution in [0.3, 0.4) is 0 Å². The zero-order chi connectivity index (χ0) is 10.4. The molecule has 0 atom stereocenters. The molecule has 0 aliphatic heterocycles. The second-order valence-electron chi connectivity index (χ2n) is 1.99. The van der Waals surface area contributed by atoms with Crippen LogP contribution < -0.4 is 0 Å². The molecule has 2 N–H and O–H groups in total. The van der Waals surface area contributed by atoms with Crippen LogP contribution in [0.15, 0.2) is 0 Å². The van der Waals surface area contributed by atoms with Crippen LogP contribution in [0, 0.1) is 0 Å². The summed E-state index contributed by atoms with van der Waals surface area (Å²) in [5, 5.41) is 16.1. The molecule has 0 spiro atoms. The van der Waals surface area contributed by atoms with E-state index in [1.165, 1.54) is 0 Å². The summed E-state index contributed by atoms with van der Waals surface area (Å²) in [5.41, 5.74) is 0. The Morgan fingerprint density at radius 2 is 1.14 bits per heavy atom. The van der Waals surface area contributed by atoms with Gasteiger partial charge in [0.2, 0.25) is 0 Å². The second-order valence-corrected chi connectivity index (χ2v) is 1.99. The minimum atomic E-state index is -1.45. The number of ether oxygens (including phenoxy) is 1. The van der Waals surface area contributed by atoms with E-state index in [1.54, 1.807) is 0 Å². The van der Waals surface area contributed by atoms with E-state index in [0.717, 1.165) is 0 Å². The summed E-state index contributed by atoms with van der Waals surface area (Å²) in [7, 11) is 0. The summed E-state index contributed by atoms with van der Waals surface area (Å²) >= 11 is 0. The zero-order valence-corrected chi connectivity index (χ0v) is 6.35. The van der Waals surface area contributed by atoms with E-state index in [0.29, 0.717) is 0 Å². The van der Waals surface area contributed by atoms with E-state index in [9.17, 15) is 19.2 Å². The van der Waals surface area contributed by atoms with E-state index < -0.39 is 36.7 Å². The van der Waals surface area contributed by atoms with Gasteiger partial charge >= 0.3 is 61.6 Å². The van der Waals surface area contributed by atoms with E-state index in [1.807, 2.05) is 0 Å². The maximum atomic E-state index is 10.4. The third-order valence-corrected chi connectivity index (χ3v) is 0.819. The summed E-state index contributed by atoms with van der Waals surface area (Å²) in [5.74, 6) is -5.46. The number of hydrogen-bond acceptors (Lipinski definition) is 5. The van der Waals surface area contributed by atoms with E-state index in [4.69, 9.17) is 10.2 Å². The molecular weight excluding hydrogens is 224 g/mol. The molecule has 0 aromatic rings. The molecule has 7 nitrogen and oxygen atoms in total. The van der Waals surface area contributed by atoms with Gasteiger partial charge in [0.05, 0.1) is 0 Å². The molecule has 0 bridgehead atoms. The zero-order valence-electron chi connectivity index (χ0n) is 6.35. The van der Waals surface area contributed by atoms with Crippen molar-refractivity contribution in [2.75, 3.05) is 0 Å². The fraction of sp³-hybridized carbons (Fsp3) is 0.333. The molecule has 0 radical (unpaired) electrons. The summed E-state index contributed by atoms with van der Waals surface area (Å²) in [4.78, 5) is 40.6. The quantitative estimate of drug-likeness (QED) is 0.330. The average Bonchev–Trinajstić information content (AvgIpc) is 1.80. The topological polar surface area (TPSA) is 118 Å². The number of aliphatic carboxylic acids is 2. The molecule has 0 heterocycles. The van der Waals surface area contributed by atoms with Gasteiger partial charge in [-0.3, -0.25) is 19.2 Å². The Kier molecular flexibility index (Phi) is 8.71. The van der Waals surface area contributed by atoms with E-state index >= 15 is 0 Å². The van der Waals surface area contributed by atoms with Crippen molar-refractivity contribution >= 4 is 61.6 Å². The molecule has 0 unspecified atom stereocenters. The molecular formula is C6H8CaO7. The van der Waals surface area contributed by atoms with Crippen molar-refractivity contribution in [2.24, 2.45) is 0 Å². The third kappa shape index (κ3) is 9.43. The molecule has 0 aromatic carbocycles. The van der Waals surface area contributed by atoms with Gasteiger partial charge in [0.1, 0.15) is 12.8 Å². The summed E-state index contributed by atoms with van der Waals surface area (Å²) < 4.78 is 3.83. The summed E-state index contributed by atoms with van der Waals surface area (Å²) in [6, 6.07) is 0. The second kappa shape index (κ2) is 7.72. The molecule has 0 saturated heterocycles. The molecule has 0 amide bonds. The molecule has 14 heavy (non-hydrogen) atoms. The van der Waals surface area contributed by atoms with Gasteiger partial charge in [-0.15, -0.1) is 0 Å². The van der Waals surface area contributed by atoms with Crippen LogP contribution in [0.2, 0.25) is 0 Å². The van der Waals surface area contributed by atoms with Crippen LogP contribution in [0.25, 0.3) is 0 Å². The van der Waals surface area contributed by atoms with Crippen LogP contribution >= 0.6 is 0 Å². The van der Waals surface area contributed by atoms with Gasteiger partial charge in [-0.1, -0.05) is 0 Å². The first kappa shape index (κ1) is 15.8. The average molecular weight is 232 g/mol. The van der Waals surface area contributed by atoms with E-state index in [-0.39, 0.29) is 37.7 Å². The molecule has 0 aromatic heterocycles. The maximum absolute atomic E-state index is 10.4. The van der Waals surface area contributed by atoms with Gasteiger partial charge in [0.15, 0.2) is 0 Å². The number of carboxylic acid groups (broad SMARTS) is 2. The Bertz CT molecular complexity index is 233. The normalized spacial score (nSPS) is 8.29. The van der Waals surface area contributed by atoms with Crippen molar-refractivity contribution in [2.45, 2.75) is 12.8 Å². The Morgan fingerprint density at radius 3 is 1.36 bits per heavy atom. The summed E-state index contributed by atoms with van der Waals surface area (Å²) in [6.07, 6.45) is -1.93. The number of carbonyl (C=O) groups excluding carboxylic acids is 2. The van der Waals surface area contributed by atoms with Gasteiger partial charge in [0, 0.05) is 0 Å². The molecule has 0 saturated carbocycles. The fourth-order valence-corrected chi connectivity index (χ4v) is 0.446. The van der Waals surface area contributed by atoms with Gasteiger partial charge in [-0.05, 0) is 0 Å². The van der Waals surface area contributed by atoms with Crippen molar-refractivity contribution < 1.29 is 34.1 Å². The van der Waals surface area contributed by atoms with Gasteiger partial charge in [-0.2, -0.15) is 0 Å². The minimum absolute atomic E-state index is 0. The number of hydrogen-bond donors (Lipinski definition) is 2. The monoisotopic (exact) mass is 232 g/mol. The van der Waals surface area contributed by atoms with Gasteiger partial charge in [-0.25, -0.2) is 0 Å². The number of rotatable bonds is 4. The molecule has 76 valence electrons. The van der Waals surface area contributed by atoms with E-state index in [2.05, 4.69) is 4.74 Å². The first-order valence-corrected chi connectivity index (χ1v) is 3.09. The van der Waals surface area contributed by atoms with Crippen molar-refractivity contribution in [1.82, 2.24) is 0 Å². The molecule has 0 aliphatic rings. The molecule has 8 heteroatoms. The predicted molar refractivity (Wildman–Crippen MR) is 44.1 cm³/mol. The predicted octanol–water partition coefficient (Wildman–Crippen LogP) is -1.91. The van der Waals surface area contributed by atoms with Crippen molar-refractivity contribution in [1.29, 1.82) is 0 Å². The molecule has 0 rings (SSSR count). The Hall–Kier alpha value is -0.660. The first-order valence-electron chi connectivity index (χ1n) is 3.09. The van der Waals surface area contributed by atoms with Crippen LogP contribution in [0.4, 0.5) is 0 Å².